The summed E-state index contributed by atoms with van der Waals surface area (Å²) >= 11 is 4.38. The van der Waals surface area contributed by atoms with Crippen LogP contribution in [0.3, 0.4) is 0 Å². The van der Waals surface area contributed by atoms with Crippen LogP contribution in [0.25, 0.3) is 27.6 Å². The summed E-state index contributed by atoms with van der Waals surface area (Å²) < 4.78 is 11.8. The lowest BCUT2D eigenvalue weighted by Crippen LogP contribution is -2.27. The Bertz CT molecular complexity index is 1890. The lowest BCUT2D eigenvalue weighted by molar-refractivity contribution is -0.123. The molecule has 0 radical (unpaired) electrons. The van der Waals surface area contributed by atoms with Gasteiger partial charge in [0.1, 0.15) is 0 Å². The summed E-state index contributed by atoms with van der Waals surface area (Å²) in [5.41, 5.74) is 1.93. The third-order valence-electron chi connectivity index (χ3n) is 6.84. The molecule has 202 valence electrons. The summed E-state index contributed by atoms with van der Waals surface area (Å²) in [4.78, 5) is 40.8. The van der Waals surface area contributed by atoms with Gasteiger partial charge in [-0.15, -0.1) is 0 Å². The third kappa shape index (κ3) is 5.24. The topological polar surface area (TPSA) is 72.9 Å². The van der Waals surface area contributed by atoms with E-state index in [-0.39, 0.29) is 23.4 Å². The first-order chi connectivity index (χ1) is 19.9. The van der Waals surface area contributed by atoms with Crippen LogP contribution in [0.5, 0.6) is 11.5 Å². The molecule has 0 bridgehead atoms. The van der Waals surface area contributed by atoms with Crippen molar-refractivity contribution < 1.29 is 23.9 Å². The van der Waals surface area contributed by atoms with Crippen LogP contribution in [0.4, 0.5) is 4.79 Å². The van der Waals surface area contributed by atoms with E-state index >= 15 is 0 Å². The second kappa shape index (κ2) is 11.2. The van der Waals surface area contributed by atoms with E-state index in [0.29, 0.717) is 26.3 Å². The molecule has 2 amide bonds. The van der Waals surface area contributed by atoms with Gasteiger partial charge in [0.05, 0.1) is 28.6 Å². The smallest absolute Gasteiger partial charge is 0.344 e. The molecule has 0 aliphatic carbocycles. The van der Waals surface area contributed by atoms with Gasteiger partial charge < -0.3 is 9.47 Å². The van der Waals surface area contributed by atoms with Crippen LogP contribution in [0, 0.1) is 0 Å². The fraction of sp³-hybridized carbons (Fsp3) is 0.0606. The standard InChI is InChI=1S/C33H22BrNO5S/c1-39-28-17-20(16-27(34)30(28)40-32(37)26-15-7-11-22-9-3-5-14-25(22)26)18-29-31(36)35(33(38)41-29)19-23-12-6-10-21-8-2-4-13-24(21)23/h2-18H,19H2,1H3/b29-18-. The maximum Gasteiger partial charge on any atom is 0.344 e. The second-order valence-electron chi connectivity index (χ2n) is 9.36. The van der Waals surface area contributed by atoms with Crippen LogP contribution >= 0.6 is 27.7 Å². The molecular weight excluding hydrogens is 602 g/mol. The van der Waals surface area contributed by atoms with Crippen LogP contribution in [0.2, 0.25) is 0 Å². The number of carbonyl (C=O) groups is 3. The van der Waals surface area contributed by atoms with Gasteiger partial charge in [0.25, 0.3) is 11.1 Å². The van der Waals surface area contributed by atoms with Crippen LogP contribution in [0.15, 0.2) is 106 Å². The Kier molecular flexibility index (Phi) is 7.34. The predicted molar refractivity (Wildman–Crippen MR) is 165 cm³/mol. The Balaban J connectivity index is 1.26. The number of hydrogen-bond acceptors (Lipinski definition) is 6. The van der Waals surface area contributed by atoms with Crippen molar-refractivity contribution in [3.63, 3.8) is 0 Å². The maximum absolute atomic E-state index is 13.3. The average Bonchev–Trinajstić information content (AvgIpc) is 3.25. The third-order valence-corrected chi connectivity index (χ3v) is 8.33. The van der Waals surface area contributed by atoms with Crippen molar-refractivity contribution in [1.29, 1.82) is 0 Å². The van der Waals surface area contributed by atoms with Crippen LogP contribution < -0.4 is 9.47 Å². The van der Waals surface area contributed by atoms with Gasteiger partial charge >= 0.3 is 5.97 Å². The lowest BCUT2D eigenvalue weighted by atomic mass is 10.0. The molecule has 0 saturated carbocycles. The van der Waals surface area contributed by atoms with Gasteiger partial charge in [-0.3, -0.25) is 14.5 Å². The maximum atomic E-state index is 13.3. The molecule has 1 fully saturated rings. The number of ether oxygens (including phenoxy) is 2. The summed E-state index contributed by atoms with van der Waals surface area (Å²) in [6.45, 7) is 0.180. The molecule has 41 heavy (non-hydrogen) atoms. The average molecular weight is 625 g/mol. The molecule has 8 heteroatoms. The molecule has 0 spiro atoms. The van der Waals surface area contributed by atoms with Gasteiger partial charge in [-0.2, -0.15) is 0 Å². The molecule has 0 aromatic heterocycles. The molecule has 0 atom stereocenters. The number of benzene rings is 5. The summed E-state index contributed by atoms with van der Waals surface area (Å²) in [6.07, 6.45) is 1.64. The van der Waals surface area contributed by atoms with Crippen molar-refractivity contribution in [2.24, 2.45) is 0 Å². The predicted octanol–water partition coefficient (Wildman–Crippen LogP) is 8.22. The summed E-state index contributed by atoms with van der Waals surface area (Å²) in [7, 11) is 1.47. The number of imide groups is 1. The Morgan fingerprint density at radius 2 is 1.54 bits per heavy atom. The highest BCUT2D eigenvalue weighted by atomic mass is 79.9. The molecule has 5 aromatic carbocycles. The first kappa shape index (κ1) is 26.8. The van der Waals surface area contributed by atoms with Gasteiger partial charge in [-0.05, 0) is 84.6 Å². The van der Waals surface area contributed by atoms with Crippen LogP contribution in [0.1, 0.15) is 21.5 Å². The van der Waals surface area contributed by atoms with Crippen LogP contribution in [-0.2, 0) is 11.3 Å². The minimum Gasteiger partial charge on any atom is -0.493 e. The first-order valence-electron chi connectivity index (χ1n) is 12.7. The molecule has 1 saturated heterocycles. The number of halogens is 1. The number of fused-ring (bicyclic) bond motifs is 2. The number of esters is 1. The number of thioether (sulfide) groups is 1. The number of carbonyl (C=O) groups excluding carboxylic acids is 3. The highest BCUT2D eigenvalue weighted by molar-refractivity contribution is 9.10. The van der Waals surface area contributed by atoms with E-state index in [9.17, 15) is 14.4 Å². The number of nitrogens with zero attached hydrogens (tertiary/aromatic N) is 1. The van der Waals surface area contributed by atoms with E-state index in [1.54, 1.807) is 24.3 Å². The molecule has 1 aliphatic rings. The highest BCUT2D eigenvalue weighted by Crippen LogP contribution is 2.40. The molecular formula is C33H22BrNO5S. The van der Waals surface area contributed by atoms with Gasteiger partial charge in [0.15, 0.2) is 11.5 Å². The van der Waals surface area contributed by atoms with Gasteiger partial charge in [-0.1, -0.05) is 78.9 Å². The lowest BCUT2D eigenvalue weighted by Gasteiger charge is -2.14. The summed E-state index contributed by atoms with van der Waals surface area (Å²) in [5, 5.41) is 3.43. The van der Waals surface area contributed by atoms with Crippen molar-refractivity contribution in [3.8, 4) is 11.5 Å². The monoisotopic (exact) mass is 623 g/mol. The fourth-order valence-electron chi connectivity index (χ4n) is 4.86. The molecule has 5 aromatic rings. The summed E-state index contributed by atoms with van der Waals surface area (Å²) in [5.74, 6) is -0.376. The quantitative estimate of drug-likeness (QED) is 0.108. The van der Waals surface area contributed by atoms with E-state index in [2.05, 4.69) is 15.9 Å². The van der Waals surface area contributed by atoms with Gasteiger partial charge in [0, 0.05) is 0 Å². The van der Waals surface area contributed by atoms with E-state index < -0.39 is 5.97 Å². The molecule has 1 heterocycles. The molecule has 0 unspecified atom stereocenters. The van der Waals surface area contributed by atoms with E-state index in [0.717, 1.165) is 38.9 Å². The Morgan fingerprint density at radius 3 is 2.29 bits per heavy atom. The van der Waals surface area contributed by atoms with Crippen molar-refractivity contribution in [2.45, 2.75) is 6.54 Å². The first-order valence-corrected chi connectivity index (χ1v) is 14.3. The van der Waals surface area contributed by atoms with Gasteiger partial charge in [-0.25, -0.2) is 4.79 Å². The number of hydrogen-bond donors (Lipinski definition) is 0. The van der Waals surface area contributed by atoms with Crippen LogP contribution in [-0.4, -0.2) is 29.1 Å². The highest BCUT2D eigenvalue weighted by Gasteiger charge is 2.35. The molecule has 1 aliphatic heterocycles. The molecule has 6 rings (SSSR count). The van der Waals surface area contributed by atoms with Crippen molar-refractivity contribution >= 4 is 72.4 Å². The normalized spacial score (nSPS) is 14.3. The number of rotatable bonds is 6. The zero-order chi connectivity index (χ0) is 28.5. The summed E-state index contributed by atoms with van der Waals surface area (Å²) in [6, 6.07) is 30.1. The van der Waals surface area contributed by atoms with Crippen molar-refractivity contribution in [1.82, 2.24) is 4.90 Å². The zero-order valence-electron chi connectivity index (χ0n) is 21.8. The Morgan fingerprint density at radius 1 is 0.878 bits per heavy atom. The van der Waals surface area contributed by atoms with E-state index in [1.807, 2.05) is 78.9 Å². The number of methoxy groups -OCH3 is 1. The second-order valence-corrected chi connectivity index (χ2v) is 11.2. The van der Waals surface area contributed by atoms with Crippen molar-refractivity contribution in [3.05, 3.63) is 123 Å². The Labute approximate surface area is 248 Å². The largest absolute Gasteiger partial charge is 0.493 e. The van der Waals surface area contributed by atoms with E-state index in [4.69, 9.17) is 9.47 Å². The Hall–Kier alpha value is -4.40. The molecule has 6 nitrogen and oxygen atoms in total. The minimum atomic E-state index is -0.525. The number of amides is 2. The van der Waals surface area contributed by atoms with Crippen molar-refractivity contribution in [2.75, 3.05) is 7.11 Å². The SMILES string of the molecule is COc1cc(/C=C2\SC(=O)N(Cc3cccc4ccccc34)C2=O)cc(Br)c1OC(=O)c1cccc2ccccc12. The fourth-order valence-corrected chi connectivity index (χ4v) is 6.24. The minimum absolute atomic E-state index is 0.180. The van der Waals surface area contributed by atoms with Gasteiger partial charge in [0.2, 0.25) is 0 Å². The van der Waals surface area contributed by atoms with E-state index in [1.165, 1.54) is 12.0 Å². The molecule has 0 N–H and O–H groups in total. The zero-order valence-corrected chi connectivity index (χ0v) is 24.2.